The fourth-order valence-electron chi connectivity index (χ4n) is 5.75. The van der Waals surface area contributed by atoms with E-state index in [9.17, 15) is 52.7 Å². The van der Waals surface area contributed by atoms with Crippen LogP contribution in [0.4, 0.5) is 9.52 Å². The fourth-order valence-corrected chi connectivity index (χ4v) is 10.0. The number of carbonyl (C=O) groups is 3. The number of benzene rings is 2. The molecule has 3 aromatic heterocycles. The summed E-state index contributed by atoms with van der Waals surface area (Å²) in [5.74, 6) is -7.50. The van der Waals surface area contributed by atoms with E-state index < -0.39 is 85.9 Å². The van der Waals surface area contributed by atoms with Crippen molar-refractivity contribution in [1.29, 1.82) is 0 Å². The summed E-state index contributed by atoms with van der Waals surface area (Å²) in [5, 5.41) is 60.5. The quantitative estimate of drug-likeness (QED) is 0.0167. The number of rotatable bonds is 13. The van der Waals surface area contributed by atoms with Crippen molar-refractivity contribution in [3.8, 4) is 23.0 Å². The van der Waals surface area contributed by atoms with Crippen LogP contribution in [-0.2, 0) is 41.4 Å². The Morgan fingerprint density at radius 2 is 1.85 bits per heavy atom. The summed E-state index contributed by atoms with van der Waals surface area (Å²) in [5.41, 5.74) is 5.69. The minimum absolute atomic E-state index is 0. The van der Waals surface area contributed by atoms with Crippen molar-refractivity contribution < 1.29 is 57.6 Å². The Kier molecular flexibility index (Phi) is 12.6. The molecule has 2 aromatic carbocycles. The van der Waals surface area contributed by atoms with E-state index >= 15 is 0 Å². The number of fused-ring (bicyclic) bond motifs is 2. The number of thioether (sulfide) groups is 2. The number of thiazole rings is 1. The number of nitrogens with one attached hydrogen (secondary N) is 1. The molecule has 8 N–H and O–H groups in total. The first kappa shape index (κ1) is 43.4. The third-order valence-electron chi connectivity index (χ3n) is 8.54. The number of nitrogens with two attached hydrogens (primary N) is 1. The Hall–Kier alpha value is -5.18. The topological polar surface area (TPSA) is 305 Å². The monoisotopic (exact) mass is 896 g/mol. The van der Waals surface area contributed by atoms with Gasteiger partial charge < -0.3 is 41.4 Å². The standard InChI is InChI=1S/C33H28FN9O11S4.Na/c1-13-6-22(43-33(36-13)38-21(40-43)12-58(52,53)16-3-5-18(44)20(46)7-16)55-9-15-10-56-30-25(29(49)42(30)26(15)31(50)51)39-28(48)24(17-11-57-32(35)37-17)41-54-8-14-2-4-19(45)27(47)23(14)34;/h2-7,11,25,30,44-47H,8-10,12H2,1H3,(H2,35,37)(H,39,48)(H,50,51);/t25-,30-;/m1./s1. The van der Waals surface area contributed by atoms with Gasteiger partial charge in [0.2, 0.25) is 0 Å². The van der Waals surface area contributed by atoms with Gasteiger partial charge >= 0.3 is 5.97 Å². The van der Waals surface area contributed by atoms with Gasteiger partial charge in [-0.3, -0.25) is 14.5 Å². The normalized spacial score (nSPS) is 16.7. The Morgan fingerprint density at radius 3 is 2.54 bits per heavy atom. The van der Waals surface area contributed by atoms with Crippen LogP contribution in [0.2, 0.25) is 0 Å². The molecule has 0 aliphatic carbocycles. The van der Waals surface area contributed by atoms with Gasteiger partial charge in [-0.05, 0) is 42.8 Å². The summed E-state index contributed by atoms with van der Waals surface area (Å²) in [6.45, 7) is 1.10. The minimum Gasteiger partial charge on any atom is -0.504 e. The number of phenolic OH excluding ortho intramolecular Hbond substituents is 4. The van der Waals surface area contributed by atoms with Crippen LogP contribution in [0.5, 0.6) is 23.0 Å². The number of phenols is 4. The molecule has 5 heterocycles. The van der Waals surface area contributed by atoms with Crippen molar-refractivity contribution in [2.24, 2.45) is 5.16 Å². The van der Waals surface area contributed by atoms with E-state index in [1.54, 1.807) is 13.0 Å². The predicted molar refractivity (Wildman–Crippen MR) is 210 cm³/mol. The predicted octanol–water partition coefficient (Wildman–Crippen LogP) is 1.48. The number of aromatic nitrogens is 5. The number of hydrogen-bond donors (Lipinski definition) is 7. The van der Waals surface area contributed by atoms with Crippen LogP contribution >= 0.6 is 34.9 Å². The number of aromatic hydroxyl groups is 4. The molecule has 26 heteroatoms. The number of hydrogen-bond acceptors (Lipinski definition) is 19. The number of nitrogens with zero attached hydrogens (tertiary/aromatic N) is 7. The van der Waals surface area contributed by atoms with E-state index in [1.165, 1.54) is 21.7 Å². The summed E-state index contributed by atoms with van der Waals surface area (Å²) >= 11 is 3.32. The molecule has 1 radical (unpaired) electrons. The average molecular weight is 897 g/mol. The van der Waals surface area contributed by atoms with Crippen LogP contribution in [-0.4, -0.2) is 139 Å². The summed E-state index contributed by atoms with van der Waals surface area (Å²) in [4.78, 5) is 58.2. The Bertz CT molecular complexity index is 2710. The van der Waals surface area contributed by atoms with Crippen molar-refractivity contribution in [2.45, 2.75) is 40.6 Å². The zero-order valence-electron chi connectivity index (χ0n) is 30.4. The van der Waals surface area contributed by atoms with E-state index in [1.807, 2.05) is 0 Å². The molecule has 5 aromatic rings. The van der Waals surface area contributed by atoms with E-state index in [2.05, 4.69) is 30.5 Å². The molecule has 59 heavy (non-hydrogen) atoms. The number of carbonyl (C=O) groups excluding carboxylic acids is 2. The first-order valence-corrected chi connectivity index (χ1v) is 21.0. The van der Waals surface area contributed by atoms with Crippen molar-refractivity contribution in [1.82, 2.24) is 34.8 Å². The third-order valence-corrected chi connectivity index (χ3v) is 13.2. The summed E-state index contributed by atoms with van der Waals surface area (Å²) in [6.07, 6.45) is 0. The molecule has 0 bridgehead atoms. The van der Waals surface area contributed by atoms with E-state index in [0.717, 1.165) is 58.3 Å². The number of aryl methyl sites for hydroxylation is 1. The third kappa shape index (κ3) is 8.76. The second kappa shape index (κ2) is 17.2. The first-order valence-electron chi connectivity index (χ1n) is 16.4. The van der Waals surface area contributed by atoms with Crippen molar-refractivity contribution in [2.75, 3.05) is 17.2 Å². The molecule has 0 spiro atoms. The molecule has 2 aliphatic rings. The van der Waals surface area contributed by atoms with Gasteiger partial charge in [-0.2, -0.15) is 9.50 Å². The second-order valence-corrected chi connectivity index (χ2v) is 17.5. The number of nitrogen functional groups attached to an aromatic ring is 1. The SMILES string of the molecule is Cc1cc(SCC2=C(C(=O)O)N3C(=O)[C@@H](NC(=O)C(=NOCc4ccc(O)c(O)c4F)c4csc(N)n4)[C@H]3SC2)n2nc(CS(=O)(=O)c3ccc(O)c(O)c3)nc2n1.[Na]. The molecule has 7 rings (SSSR count). The number of carboxylic acid groups (broad SMARTS) is 1. The molecule has 2 aliphatic heterocycles. The maximum absolute atomic E-state index is 14.4. The number of β-lactam (4-membered cyclic amide) rings is 1. The average Bonchev–Trinajstić information content (AvgIpc) is 3.79. The van der Waals surface area contributed by atoms with Crippen LogP contribution < -0.4 is 11.1 Å². The molecular formula is C33H28FN9NaO11S4. The van der Waals surface area contributed by atoms with E-state index in [4.69, 9.17) is 10.6 Å². The zero-order chi connectivity index (χ0) is 41.6. The number of sulfone groups is 1. The summed E-state index contributed by atoms with van der Waals surface area (Å²) in [6, 6.07) is 5.71. The molecule has 1 fully saturated rings. The molecule has 0 unspecified atom stereocenters. The van der Waals surface area contributed by atoms with Crippen molar-refractivity contribution in [3.05, 3.63) is 81.6 Å². The smallest absolute Gasteiger partial charge is 0.352 e. The Morgan fingerprint density at radius 1 is 1.10 bits per heavy atom. The Balaban J connectivity index is 0.00000585. The van der Waals surface area contributed by atoms with Crippen molar-refractivity contribution in [3.63, 3.8) is 0 Å². The first-order chi connectivity index (χ1) is 27.5. The maximum atomic E-state index is 14.4. The number of aliphatic carboxylic acids is 1. The van der Waals surface area contributed by atoms with Gasteiger partial charge in [-0.25, -0.2) is 27.6 Å². The largest absolute Gasteiger partial charge is 0.504 e. The number of carboxylic acids is 1. The van der Waals surface area contributed by atoms with Crippen molar-refractivity contribution >= 4 is 109 Å². The number of halogens is 1. The molecule has 1 saturated heterocycles. The van der Waals surface area contributed by atoms with Gasteiger partial charge in [-0.1, -0.05) is 5.16 Å². The molecular weight excluding hydrogens is 869 g/mol. The molecule has 0 saturated carbocycles. The maximum Gasteiger partial charge on any atom is 0.352 e. The van der Waals surface area contributed by atoms with E-state index in [-0.39, 0.29) is 79.6 Å². The second-order valence-electron chi connectivity index (χ2n) is 12.5. The Labute approximate surface area is 366 Å². The minimum atomic E-state index is -4.06. The van der Waals surface area contributed by atoms with Crippen LogP contribution in [0.3, 0.4) is 0 Å². The van der Waals surface area contributed by atoms with Gasteiger partial charge in [-0.15, -0.1) is 40.0 Å². The van der Waals surface area contributed by atoms with Gasteiger partial charge in [0.05, 0.1) is 4.90 Å². The number of amides is 2. The van der Waals surface area contributed by atoms with Crippen LogP contribution in [0.1, 0.15) is 22.8 Å². The van der Waals surface area contributed by atoms with Gasteiger partial charge in [0.15, 0.2) is 55.3 Å². The number of oxime groups is 1. The zero-order valence-corrected chi connectivity index (χ0v) is 35.7. The summed E-state index contributed by atoms with van der Waals surface area (Å²) in [7, 11) is -4.06. The van der Waals surface area contributed by atoms with Crippen LogP contribution in [0.15, 0.2) is 68.1 Å². The fraction of sp³-hybridized carbons (Fsp3) is 0.212. The summed E-state index contributed by atoms with van der Waals surface area (Å²) < 4.78 is 41.8. The molecule has 303 valence electrons. The van der Waals surface area contributed by atoms with Gasteiger partial charge in [0.25, 0.3) is 17.6 Å². The van der Waals surface area contributed by atoms with E-state index in [0.29, 0.717) is 16.3 Å². The number of anilines is 1. The van der Waals surface area contributed by atoms with Crippen LogP contribution in [0, 0.1) is 12.7 Å². The molecule has 2 amide bonds. The van der Waals surface area contributed by atoms with Crippen LogP contribution in [0.25, 0.3) is 5.78 Å². The molecule has 2 atom stereocenters. The van der Waals surface area contributed by atoms with Gasteiger partial charge in [0, 0.05) is 63.8 Å². The molecule has 20 nitrogen and oxygen atoms in total. The van der Waals surface area contributed by atoms with Gasteiger partial charge in [0.1, 0.15) is 40.2 Å².